The zero-order valence-electron chi connectivity index (χ0n) is 11.3. The maximum absolute atomic E-state index is 11.4. The van der Waals surface area contributed by atoms with Crippen molar-refractivity contribution >= 4 is 11.5 Å². The standard InChI is InChI=1S/C16H13N3O/c1-11(20)12-3-5-15-13(7-12)8-18-16(15)6-4-14-9-17-10-19(14)2/h3,5,7,9-10H,8H2,1-2H3. The number of Topliss-reactive ketones (excluding diaryl/α,β-unsaturated/α-hetero) is 1. The lowest BCUT2D eigenvalue weighted by Gasteiger charge is -2.01. The monoisotopic (exact) mass is 263 g/mol. The molecule has 0 bridgehead atoms. The Morgan fingerprint density at radius 2 is 2.20 bits per heavy atom. The summed E-state index contributed by atoms with van der Waals surface area (Å²) >= 11 is 0. The van der Waals surface area contributed by atoms with Crippen molar-refractivity contribution in [1.29, 1.82) is 0 Å². The van der Waals surface area contributed by atoms with Crippen LogP contribution in [0.3, 0.4) is 0 Å². The molecule has 1 aromatic carbocycles. The quantitative estimate of drug-likeness (QED) is 0.583. The summed E-state index contributed by atoms with van der Waals surface area (Å²) in [7, 11) is 1.90. The number of aliphatic imine (C=N–C) groups is 1. The molecule has 0 spiro atoms. The summed E-state index contributed by atoms with van der Waals surface area (Å²) < 4.78 is 1.86. The largest absolute Gasteiger partial charge is 0.327 e. The summed E-state index contributed by atoms with van der Waals surface area (Å²) in [6.45, 7) is 2.16. The third kappa shape index (κ3) is 2.14. The average Bonchev–Trinajstić information content (AvgIpc) is 3.02. The first-order valence-electron chi connectivity index (χ1n) is 6.32. The average molecular weight is 263 g/mol. The van der Waals surface area contributed by atoms with Crippen molar-refractivity contribution in [1.82, 2.24) is 9.55 Å². The predicted molar refractivity (Wildman–Crippen MR) is 76.8 cm³/mol. The third-order valence-electron chi connectivity index (χ3n) is 3.30. The van der Waals surface area contributed by atoms with Crippen LogP contribution in [0.2, 0.25) is 0 Å². The fourth-order valence-corrected chi connectivity index (χ4v) is 2.13. The Bertz CT molecular complexity index is 788. The lowest BCUT2D eigenvalue weighted by molar-refractivity contribution is 0.101. The fourth-order valence-electron chi connectivity index (χ4n) is 2.13. The molecular formula is C16H13N3O. The molecule has 1 aromatic heterocycles. The van der Waals surface area contributed by atoms with Gasteiger partial charge >= 0.3 is 0 Å². The summed E-state index contributed by atoms with van der Waals surface area (Å²) in [5, 5.41) is 0. The van der Waals surface area contributed by atoms with Crippen LogP contribution in [0.1, 0.15) is 34.1 Å². The number of aromatic nitrogens is 2. The molecule has 0 fully saturated rings. The van der Waals surface area contributed by atoms with Gasteiger partial charge in [0, 0.05) is 18.2 Å². The van der Waals surface area contributed by atoms with Crippen LogP contribution in [0.25, 0.3) is 0 Å². The van der Waals surface area contributed by atoms with E-state index in [0.717, 1.165) is 28.1 Å². The van der Waals surface area contributed by atoms with Crippen LogP contribution in [0.5, 0.6) is 0 Å². The van der Waals surface area contributed by atoms with Gasteiger partial charge in [0.2, 0.25) is 0 Å². The Balaban J connectivity index is 1.92. The number of imidazole rings is 1. The molecule has 0 aliphatic carbocycles. The number of benzene rings is 1. The molecule has 0 atom stereocenters. The number of carbonyl (C=O) groups is 1. The molecule has 3 rings (SSSR count). The second-order valence-electron chi connectivity index (χ2n) is 4.73. The Kier molecular flexibility index (Phi) is 2.96. The van der Waals surface area contributed by atoms with Crippen molar-refractivity contribution in [3.8, 4) is 11.8 Å². The fraction of sp³-hybridized carbons (Fsp3) is 0.188. The van der Waals surface area contributed by atoms with E-state index in [1.165, 1.54) is 0 Å². The highest BCUT2D eigenvalue weighted by Gasteiger charge is 2.15. The second-order valence-corrected chi connectivity index (χ2v) is 4.73. The van der Waals surface area contributed by atoms with E-state index in [1.54, 1.807) is 19.4 Å². The summed E-state index contributed by atoms with van der Waals surface area (Å²) in [6, 6.07) is 5.66. The van der Waals surface area contributed by atoms with Gasteiger partial charge in [0.05, 0.1) is 19.1 Å². The van der Waals surface area contributed by atoms with Crippen molar-refractivity contribution in [2.75, 3.05) is 0 Å². The zero-order chi connectivity index (χ0) is 14.1. The molecule has 2 aromatic rings. The molecule has 0 N–H and O–H groups in total. The highest BCUT2D eigenvalue weighted by molar-refractivity contribution is 6.15. The Labute approximate surface area is 117 Å². The molecule has 20 heavy (non-hydrogen) atoms. The first-order valence-corrected chi connectivity index (χ1v) is 6.32. The van der Waals surface area contributed by atoms with Gasteiger partial charge < -0.3 is 4.57 Å². The summed E-state index contributed by atoms with van der Waals surface area (Å²) in [5.41, 5.74) is 4.43. The molecule has 0 radical (unpaired) electrons. The molecule has 0 amide bonds. The number of nitrogens with zero attached hydrogens (tertiary/aromatic N) is 3. The van der Waals surface area contributed by atoms with E-state index in [-0.39, 0.29) is 5.78 Å². The van der Waals surface area contributed by atoms with Gasteiger partial charge in [0.15, 0.2) is 5.78 Å². The van der Waals surface area contributed by atoms with E-state index in [0.29, 0.717) is 6.54 Å². The molecule has 98 valence electrons. The highest BCUT2D eigenvalue weighted by Crippen LogP contribution is 2.20. The van der Waals surface area contributed by atoms with Gasteiger partial charge in [-0.05, 0) is 30.4 Å². The second kappa shape index (κ2) is 4.78. The normalized spacial score (nSPS) is 12.4. The van der Waals surface area contributed by atoms with Crippen molar-refractivity contribution in [3.05, 3.63) is 53.1 Å². The number of carbonyl (C=O) groups excluding carboxylic acids is 1. The summed E-state index contributed by atoms with van der Waals surface area (Å²) in [5.74, 6) is 6.22. The van der Waals surface area contributed by atoms with Crippen LogP contribution >= 0.6 is 0 Å². The lowest BCUT2D eigenvalue weighted by atomic mass is 10.0. The van der Waals surface area contributed by atoms with E-state index in [2.05, 4.69) is 21.8 Å². The van der Waals surface area contributed by atoms with E-state index in [9.17, 15) is 4.79 Å². The lowest BCUT2D eigenvalue weighted by Crippen LogP contribution is -1.99. The maximum atomic E-state index is 11.4. The number of hydrogen-bond acceptors (Lipinski definition) is 3. The van der Waals surface area contributed by atoms with Gasteiger partial charge in [0.1, 0.15) is 11.4 Å². The SMILES string of the molecule is CC(=O)c1ccc2c(c1)CN=C2C#Cc1cncn1C. The molecule has 1 aliphatic rings. The number of ketones is 1. The minimum Gasteiger partial charge on any atom is -0.327 e. The Hall–Kier alpha value is -2.67. The molecule has 1 aliphatic heterocycles. The minimum atomic E-state index is 0.0715. The summed E-state index contributed by atoms with van der Waals surface area (Å²) in [4.78, 5) is 19.8. The van der Waals surface area contributed by atoms with Gasteiger partial charge in [-0.2, -0.15) is 0 Å². The van der Waals surface area contributed by atoms with Crippen molar-refractivity contribution in [2.45, 2.75) is 13.5 Å². The van der Waals surface area contributed by atoms with Crippen LogP contribution < -0.4 is 0 Å². The molecule has 4 nitrogen and oxygen atoms in total. The van der Waals surface area contributed by atoms with Crippen molar-refractivity contribution < 1.29 is 4.79 Å². The number of rotatable bonds is 1. The smallest absolute Gasteiger partial charge is 0.159 e. The number of aryl methyl sites for hydroxylation is 1. The van der Waals surface area contributed by atoms with E-state index in [1.807, 2.05) is 29.8 Å². The number of fused-ring (bicyclic) bond motifs is 1. The Morgan fingerprint density at radius 3 is 2.90 bits per heavy atom. The first kappa shape index (κ1) is 12.4. The minimum absolute atomic E-state index is 0.0715. The van der Waals surface area contributed by atoms with Gasteiger partial charge in [-0.1, -0.05) is 12.1 Å². The topological polar surface area (TPSA) is 47.2 Å². The first-order chi connectivity index (χ1) is 9.65. The van der Waals surface area contributed by atoms with Crippen LogP contribution in [0.15, 0.2) is 35.7 Å². The van der Waals surface area contributed by atoms with Crippen molar-refractivity contribution in [3.63, 3.8) is 0 Å². The van der Waals surface area contributed by atoms with E-state index >= 15 is 0 Å². The zero-order valence-corrected chi connectivity index (χ0v) is 11.3. The van der Waals surface area contributed by atoms with Gasteiger partial charge in [0.25, 0.3) is 0 Å². The maximum Gasteiger partial charge on any atom is 0.159 e. The molecule has 0 saturated heterocycles. The Morgan fingerprint density at radius 1 is 1.35 bits per heavy atom. The molecular weight excluding hydrogens is 250 g/mol. The van der Waals surface area contributed by atoms with Gasteiger partial charge in [-0.25, -0.2) is 4.98 Å². The third-order valence-corrected chi connectivity index (χ3v) is 3.30. The predicted octanol–water partition coefficient (Wildman–Crippen LogP) is 1.98. The summed E-state index contributed by atoms with van der Waals surface area (Å²) in [6.07, 6.45) is 3.44. The van der Waals surface area contributed by atoms with Crippen LogP contribution in [0, 0.1) is 11.8 Å². The van der Waals surface area contributed by atoms with E-state index < -0.39 is 0 Å². The van der Waals surface area contributed by atoms with Crippen LogP contribution in [0.4, 0.5) is 0 Å². The van der Waals surface area contributed by atoms with E-state index in [4.69, 9.17) is 0 Å². The molecule has 0 unspecified atom stereocenters. The number of hydrogen-bond donors (Lipinski definition) is 0. The molecule has 4 heteroatoms. The highest BCUT2D eigenvalue weighted by atomic mass is 16.1. The van der Waals surface area contributed by atoms with Crippen molar-refractivity contribution in [2.24, 2.45) is 12.0 Å². The molecule has 0 saturated carbocycles. The van der Waals surface area contributed by atoms with Gasteiger partial charge in [-0.3, -0.25) is 9.79 Å². The van der Waals surface area contributed by atoms with Crippen LogP contribution in [-0.2, 0) is 13.6 Å². The molecule has 2 heterocycles. The van der Waals surface area contributed by atoms with Crippen LogP contribution in [-0.4, -0.2) is 21.0 Å². The van der Waals surface area contributed by atoms with Gasteiger partial charge in [-0.15, -0.1) is 0 Å².